The van der Waals surface area contributed by atoms with E-state index in [4.69, 9.17) is 0 Å². The summed E-state index contributed by atoms with van der Waals surface area (Å²) in [6.45, 7) is 8.75. The minimum absolute atomic E-state index is 0.0487. The van der Waals surface area contributed by atoms with Crippen LogP contribution in [0.5, 0.6) is 0 Å². The Labute approximate surface area is 142 Å². The summed E-state index contributed by atoms with van der Waals surface area (Å²) in [7, 11) is 0. The van der Waals surface area contributed by atoms with E-state index < -0.39 is 5.97 Å². The van der Waals surface area contributed by atoms with Crippen molar-refractivity contribution in [1.82, 2.24) is 0 Å². The number of carbonyl (C=O) groups excluding carboxylic acids is 1. The average Bonchev–Trinajstić information content (AvgIpc) is 2.53. The maximum absolute atomic E-state index is 10.9. The van der Waals surface area contributed by atoms with Crippen LogP contribution in [0.15, 0.2) is 12.0 Å². The molecule has 0 heterocycles. The Bertz CT molecular complexity index is 332. The van der Waals surface area contributed by atoms with E-state index in [0.717, 1.165) is 51.6 Å². The Morgan fingerprint density at radius 1 is 0.870 bits per heavy atom. The van der Waals surface area contributed by atoms with Gasteiger partial charge in [-0.15, -0.1) is 0 Å². The van der Waals surface area contributed by atoms with E-state index in [2.05, 4.69) is 20.8 Å². The molecule has 4 heteroatoms. The van der Waals surface area contributed by atoms with Crippen molar-refractivity contribution in [3.8, 4) is 0 Å². The molecule has 4 nitrogen and oxygen atoms in total. The van der Waals surface area contributed by atoms with E-state index in [1.54, 1.807) is 0 Å². The maximum atomic E-state index is 10.9. The van der Waals surface area contributed by atoms with Crippen LogP contribution in [0.3, 0.4) is 0 Å². The summed E-state index contributed by atoms with van der Waals surface area (Å²) < 4.78 is 0.579. The van der Waals surface area contributed by atoms with Crippen molar-refractivity contribution < 1.29 is 19.5 Å². The van der Waals surface area contributed by atoms with E-state index in [1.165, 1.54) is 12.8 Å². The number of aliphatic carboxylic acids is 1. The zero-order chi connectivity index (χ0) is 17.6. The van der Waals surface area contributed by atoms with Gasteiger partial charge in [0, 0.05) is 18.8 Å². The molecule has 0 amide bonds. The van der Waals surface area contributed by atoms with Crippen molar-refractivity contribution in [2.45, 2.75) is 85.0 Å². The summed E-state index contributed by atoms with van der Waals surface area (Å²) >= 11 is 0. The molecule has 0 fully saturated rings. The molecule has 0 saturated heterocycles. The second-order valence-electron chi connectivity index (χ2n) is 6.65. The predicted octanol–water partition coefficient (Wildman–Crippen LogP) is 3.91. The molecule has 1 N–H and O–H groups in total. The first kappa shape index (κ1) is 22.0. The van der Waals surface area contributed by atoms with Gasteiger partial charge in [-0.1, -0.05) is 52.9 Å². The van der Waals surface area contributed by atoms with Crippen LogP contribution in [0, 0.1) is 0 Å². The predicted molar refractivity (Wildman–Crippen MR) is 93.8 cm³/mol. The van der Waals surface area contributed by atoms with Crippen LogP contribution in [0.4, 0.5) is 0 Å². The van der Waals surface area contributed by atoms with Crippen LogP contribution in [0.1, 0.15) is 85.0 Å². The minimum atomic E-state index is -1.00. The van der Waals surface area contributed by atoms with Crippen molar-refractivity contribution in [2.75, 3.05) is 19.6 Å². The summed E-state index contributed by atoms with van der Waals surface area (Å²) in [6, 6.07) is 0. The molecular weight excluding hydrogens is 290 g/mol. The van der Waals surface area contributed by atoms with E-state index in [0.29, 0.717) is 23.2 Å². The number of carboxylic acid groups (broad SMARTS) is 1. The lowest BCUT2D eigenvalue weighted by Crippen LogP contribution is -2.47. The third-order valence-corrected chi connectivity index (χ3v) is 4.38. The highest BCUT2D eigenvalue weighted by Gasteiger charge is 2.25. The van der Waals surface area contributed by atoms with Crippen LogP contribution in [0.2, 0.25) is 0 Å². The number of allylic oxidation sites excluding steroid dienone is 1. The van der Waals surface area contributed by atoms with Gasteiger partial charge in [-0.25, -0.2) is 0 Å². The van der Waals surface area contributed by atoms with Gasteiger partial charge in [-0.3, -0.25) is 4.48 Å². The van der Waals surface area contributed by atoms with Gasteiger partial charge in [0.2, 0.25) is 0 Å². The van der Waals surface area contributed by atoms with Crippen LogP contribution in [-0.2, 0) is 4.79 Å². The van der Waals surface area contributed by atoms with E-state index >= 15 is 0 Å². The van der Waals surface area contributed by atoms with Crippen LogP contribution in [-0.4, -0.2) is 35.2 Å². The van der Waals surface area contributed by atoms with Crippen molar-refractivity contribution in [1.29, 1.82) is 0 Å². The highest BCUT2D eigenvalue weighted by atomic mass is 16.4. The van der Waals surface area contributed by atoms with Crippen molar-refractivity contribution in [3.05, 3.63) is 12.0 Å². The van der Waals surface area contributed by atoms with Gasteiger partial charge < -0.3 is 15.0 Å². The molecule has 0 unspecified atom stereocenters. The highest BCUT2D eigenvalue weighted by Crippen LogP contribution is 2.19. The largest absolute Gasteiger partial charge is 0.550 e. The molecule has 0 bridgehead atoms. The Hall–Kier alpha value is -1.03. The number of aliphatic hydroxyl groups is 1. The molecule has 0 atom stereocenters. The van der Waals surface area contributed by atoms with Crippen molar-refractivity contribution in [3.63, 3.8) is 0 Å². The molecule has 0 aromatic heterocycles. The lowest BCUT2D eigenvalue weighted by atomic mass is 10.1. The molecule has 0 aromatic carbocycles. The van der Waals surface area contributed by atoms with Crippen LogP contribution in [0.25, 0.3) is 0 Å². The van der Waals surface area contributed by atoms with Gasteiger partial charge in [-0.05, 0) is 19.3 Å². The molecule has 0 aliphatic heterocycles. The normalized spacial score (nSPS) is 12.6. The first-order valence-corrected chi connectivity index (χ1v) is 9.46. The Balaban J connectivity index is 4.95. The molecule has 136 valence electrons. The summed E-state index contributed by atoms with van der Waals surface area (Å²) in [5, 5.41) is 21.2. The fraction of sp³-hybridized carbons (Fsp3) is 0.842. The number of quaternary nitrogens is 1. The molecular formula is C19H37NO3. The average molecular weight is 328 g/mol. The van der Waals surface area contributed by atoms with Crippen molar-refractivity contribution in [2.24, 2.45) is 0 Å². The Morgan fingerprint density at radius 3 is 1.91 bits per heavy atom. The number of carbonyl (C=O) groups is 1. The van der Waals surface area contributed by atoms with Gasteiger partial charge in [0.15, 0.2) is 0 Å². The molecule has 0 aliphatic carbocycles. The number of carboxylic acids is 1. The highest BCUT2D eigenvalue weighted by molar-refractivity contribution is 5.64. The smallest absolute Gasteiger partial charge is 0.145 e. The number of aliphatic hydroxyl groups excluding tert-OH is 1. The molecule has 0 aromatic rings. The summed E-state index contributed by atoms with van der Waals surface area (Å²) in [6.07, 6.45) is 11.4. The van der Waals surface area contributed by atoms with Crippen molar-refractivity contribution >= 4 is 5.97 Å². The lowest BCUT2D eigenvalue weighted by molar-refractivity contribution is -0.880. The molecule has 0 saturated carbocycles. The van der Waals surface area contributed by atoms with Gasteiger partial charge in [0.1, 0.15) is 12.0 Å². The zero-order valence-electron chi connectivity index (χ0n) is 15.5. The standard InChI is InChI=1S/C19H37NO3/c1-4-7-10-11-12-18(21)17-20(14-8-5-2,15-9-6-3)16-13-19(22)23/h17H,4-16H2,1-3H3,(H-,21,22,23)/b18-17-. The van der Waals surface area contributed by atoms with Gasteiger partial charge in [0.25, 0.3) is 0 Å². The van der Waals surface area contributed by atoms with Crippen LogP contribution < -0.4 is 5.11 Å². The number of nitrogens with zero attached hydrogens (tertiary/aromatic N) is 1. The number of rotatable bonds is 15. The Morgan fingerprint density at radius 2 is 1.43 bits per heavy atom. The van der Waals surface area contributed by atoms with Gasteiger partial charge in [0.05, 0.1) is 19.6 Å². The SMILES string of the molecule is CCCCCC/C(O)=C/[N+](CCCC)(CCCC)CCC(=O)[O-]. The quantitative estimate of drug-likeness (QED) is 0.282. The topological polar surface area (TPSA) is 60.4 Å². The summed E-state index contributed by atoms with van der Waals surface area (Å²) in [4.78, 5) is 10.9. The fourth-order valence-corrected chi connectivity index (χ4v) is 2.90. The zero-order valence-corrected chi connectivity index (χ0v) is 15.5. The molecule has 23 heavy (non-hydrogen) atoms. The molecule has 0 rings (SSSR count). The fourth-order valence-electron chi connectivity index (χ4n) is 2.90. The first-order chi connectivity index (χ1) is 11.0. The van der Waals surface area contributed by atoms with Crippen LogP contribution >= 0.6 is 0 Å². The summed E-state index contributed by atoms with van der Waals surface area (Å²) in [5.74, 6) is -0.581. The third kappa shape index (κ3) is 11.2. The number of hydrogen-bond acceptors (Lipinski definition) is 3. The third-order valence-electron chi connectivity index (χ3n) is 4.38. The molecule has 0 aliphatic rings. The monoisotopic (exact) mass is 327 g/mol. The van der Waals surface area contributed by atoms with Gasteiger partial charge in [-0.2, -0.15) is 0 Å². The second-order valence-corrected chi connectivity index (χ2v) is 6.65. The molecule has 0 spiro atoms. The van der Waals surface area contributed by atoms with E-state index in [1.807, 2.05) is 6.20 Å². The number of unbranched alkanes of at least 4 members (excludes halogenated alkanes) is 5. The molecule has 0 radical (unpaired) electrons. The Kier molecular flexibility index (Phi) is 12.8. The van der Waals surface area contributed by atoms with Gasteiger partial charge >= 0.3 is 0 Å². The van der Waals surface area contributed by atoms with E-state index in [-0.39, 0.29) is 6.42 Å². The lowest BCUT2D eigenvalue weighted by Gasteiger charge is -2.35. The maximum Gasteiger partial charge on any atom is 0.145 e. The first-order valence-electron chi connectivity index (χ1n) is 9.46. The van der Waals surface area contributed by atoms with E-state index in [9.17, 15) is 15.0 Å². The summed E-state index contributed by atoms with van der Waals surface area (Å²) in [5.41, 5.74) is 0. The number of hydrogen-bond donors (Lipinski definition) is 1. The minimum Gasteiger partial charge on any atom is -0.550 e. The second kappa shape index (κ2) is 13.4.